The Labute approximate surface area is 132 Å². The summed E-state index contributed by atoms with van der Waals surface area (Å²) in [6.07, 6.45) is -4.13. The molecule has 0 bridgehead atoms. The number of aliphatic hydroxyl groups excluding tert-OH is 3. The van der Waals surface area contributed by atoms with Crippen LogP contribution in [0.15, 0.2) is 24.3 Å². The molecule has 2 rings (SSSR count). The highest BCUT2D eigenvalue weighted by Crippen LogP contribution is 2.32. The summed E-state index contributed by atoms with van der Waals surface area (Å²) in [4.78, 5) is 19.5. The van der Waals surface area contributed by atoms with Gasteiger partial charge in [0, 0.05) is 7.05 Å². The predicted octanol–water partition coefficient (Wildman–Crippen LogP) is -1.67. The summed E-state index contributed by atoms with van der Waals surface area (Å²) >= 11 is 0. The summed E-state index contributed by atoms with van der Waals surface area (Å²) < 4.78 is 0. The minimum Gasteiger partial charge on any atom is -0.479 e. The zero-order valence-electron chi connectivity index (χ0n) is 12.4. The molecule has 1 aromatic carbocycles. The molecule has 0 fully saturated rings. The third kappa shape index (κ3) is 4.71. The number of aliphatic hydroxyl groups is 3. The molecule has 128 valence electrons. The fraction of sp³-hybridized carbons (Fsp3) is 0.429. The van der Waals surface area contributed by atoms with E-state index < -0.39 is 30.3 Å². The molecule has 7 N–H and O–H groups in total. The molecule has 0 heterocycles. The lowest BCUT2D eigenvalue weighted by Crippen LogP contribution is -2.40. The lowest BCUT2D eigenvalue weighted by molar-refractivity contribution is -0.165. The number of fused-ring (bicyclic) bond motifs is 1. The highest BCUT2D eigenvalue weighted by atomic mass is 16.4. The van der Waals surface area contributed by atoms with Crippen molar-refractivity contribution < 1.29 is 35.1 Å². The second-order valence-electron chi connectivity index (χ2n) is 5.15. The molecule has 9 nitrogen and oxygen atoms in total. The smallest absolute Gasteiger partial charge is 0.335 e. The van der Waals surface area contributed by atoms with E-state index in [9.17, 15) is 14.7 Å². The Bertz CT molecular complexity index is 546. The average molecular weight is 328 g/mol. The van der Waals surface area contributed by atoms with E-state index in [1.54, 1.807) is 12.1 Å². The van der Waals surface area contributed by atoms with E-state index in [1.807, 2.05) is 24.3 Å². The van der Waals surface area contributed by atoms with Crippen LogP contribution in [0.5, 0.6) is 0 Å². The van der Waals surface area contributed by atoms with E-state index in [4.69, 9.17) is 26.3 Å². The van der Waals surface area contributed by atoms with Crippen molar-refractivity contribution in [3.05, 3.63) is 35.4 Å². The number of hydrazine groups is 1. The van der Waals surface area contributed by atoms with Gasteiger partial charge in [-0.25, -0.2) is 14.6 Å². The van der Waals surface area contributed by atoms with Crippen molar-refractivity contribution in [2.24, 2.45) is 5.84 Å². The van der Waals surface area contributed by atoms with E-state index in [2.05, 4.69) is 0 Å². The largest absolute Gasteiger partial charge is 0.479 e. The van der Waals surface area contributed by atoms with Gasteiger partial charge in [0.05, 0.1) is 12.1 Å². The minimum absolute atomic E-state index is 0.0254. The van der Waals surface area contributed by atoms with Gasteiger partial charge in [0.2, 0.25) is 0 Å². The molecule has 9 heteroatoms. The molecule has 1 aromatic rings. The van der Waals surface area contributed by atoms with Crippen LogP contribution in [0.3, 0.4) is 0 Å². The topological polar surface area (TPSA) is 165 Å². The van der Waals surface area contributed by atoms with Crippen LogP contribution >= 0.6 is 0 Å². The van der Waals surface area contributed by atoms with Crippen LogP contribution in [0.2, 0.25) is 0 Å². The summed E-state index contributed by atoms with van der Waals surface area (Å²) in [7, 11) is 1.79. The maximum absolute atomic E-state index is 9.89. The van der Waals surface area contributed by atoms with E-state index in [1.165, 1.54) is 5.56 Å². The number of nitrogens with two attached hydrogens (primary N) is 1. The Balaban J connectivity index is 0.000000241. The molecular weight excluding hydrogens is 308 g/mol. The zero-order chi connectivity index (χ0) is 17.7. The van der Waals surface area contributed by atoms with E-state index in [0.717, 1.165) is 12.0 Å². The van der Waals surface area contributed by atoms with Gasteiger partial charge in [0.15, 0.2) is 12.2 Å². The quantitative estimate of drug-likeness (QED) is 0.280. The molecule has 0 aliphatic heterocycles. The van der Waals surface area contributed by atoms with Crippen LogP contribution in [0, 0.1) is 0 Å². The fourth-order valence-corrected chi connectivity index (χ4v) is 2.19. The predicted molar refractivity (Wildman–Crippen MR) is 78.1 cm³/mol. The number of hydrogen-bond acceptors (Lipinski definition) is 7. The molecule has 4 atom stereocenters. The lowest BCUT2D eigenvalue weighted by Gasteiger charge is -2.21. The first-order valence-electron chi connectivity index (χ1n) is 6.72. The van der Waals surface area contributed by atoms with Crippen molar-refractivity contribution in [3.8, 4) is 0 Å². The fourth-order valence-electron chi connectivity index (χ4n) is 2.19. The minimum atomic E-state index is -2.27. The van der Waals surface area contributed by atoms with Gasteiger partial charge in [0.1, 0.15) is 0 Å². The van der Waals surface area contributed by atoms with Gasteiger partial charge in [-0.3, -0.25) is 5.84 Å². The van der Waals surface area contributed by atoms with Gasteiger partial charge >= 0.3 is 11.9 Å². The highest BCUT2D eigenvalue weighted by molar-refractivity contribution is 5.83. The third-order valence-corrected chi connectivity index (χ3v) is 3.50. The number of carboxylic acid groups (broad SMARTS) is 2. The van der Waals surface area contributed by atoms with Crippen LogP contribution in [0.25, 0.3) is 0 Å². The van der Waals surface area contributed by atoms with Gasteiger partial charge < -0.3 is 25.5 Å². The van der Waals surface area contributed by atoms with Crippen molar-refractivity contribution in [2.75, 3.05) is 7.05 Å². The van der Waals surface area contributed by atoms with Crippen molar-refractivity contribution in [1.29, 1.82) is 0 Å². The number of carboxylic acids is 2. The molecule has 23 heavy (non-hydrogen) atoms. The lowest BCUT2D eigenvalue weighted by atomic mass is 10.1. The molecule has 0 saturated carbocycles. The van der Waals surface area contributed by atoms with Crippen molar-refractivity contribution in [3.63, 3.8) is 0 Å². The molecule has 0 radical (unpaired) electrons. The van der Waals surface area contributed by atoms with Crippen LogP contribution < -0.4 is 5.84 Å². The average Bonchev–Trinajstić information content (AvgIpc) is 2.84. The molecular formula is C14H20N2O7. The Morgan fingerprint density at radius 3 is 2.04 bits per heavy atom. The van der Waals surface area contributed by atoms with Crippen molar-refractivity contribution in [1.82, 2.24) is 5.01 Å². The van der Waals surface area contributed by atoms with E-state index in [-0.39, 0.29) is 6.04 Å². The molecule has 1 aliphatic carbocycles. The number of carbonyl (C=O) groups is 2. The number of likely N-dealkylation sites (N-methyl/N-ethyl adjacent to an activating group) is 1. The molecule has 0 amide bonds. The molecule has 0 spiro atoms. The highest BCUT2D eigenvalue weighted by Gasteiger charge is 2.32. The Hall–Kier alpha value is -2.04. The SMILES string of the molecule is CN(N)[C@@H]1Cc2ccccc2[C@H]1O.O=C(O)[C@H](O)[C@@H](O)C(=O)O. The van der Waals surface area contributed by atoms with Gasteiger partial charge in [-0.2, -0.15) is 0 Å². The second kappa shape index (κ2) is 7.99. The number of nitrogens with zero attached hydrogens (tertiary/aromatic N) is 1. The number of aliphatic carboxylic acids is 2. The standard InChI is InChI=1S/C10H14N2O.C4H6O6/c1-12(11)9-6-7-4-2-3-5-8(7)10(9)13;5-1(3(7)8)2(6)4(9)10/h2-5,9-10,13H,6,11H2,1H3;1-2,5-6H,(H,7,8)(H,9,10)/t9-,10-;1-,2-/m11/s1. The zero-order valence-corrected chi connectivity index (χ0v) is 12.4. The van der Waals surface area contributed by atoms with Crippen LogP contribution in [0.1, 0.15) is 17.2 Å². The van der Waals surface area contributed by atoms with Crippen molar-refractivity contribution in [2.45, 2.75) is 30.8 Å². The van der Waals surface area contributed by atoms with Crippen LogP contribution in [-0.2, 0) is 16.0 Å². The molecule has 0 unspecified atom stereocenters. The monoisotopic (exact) mass is 328 g/mol. The first-order chi connectivity index (χ1) is 10.7. The van der Waals surface area contributed by atoms with E-state index >= 15 is 0 Å². The summed E-state index contributed by atoms with van der Waals surface area (Å²) in [5, 5.41) is 44.0. The molecule has 0 saturated heterocycles. The van der Waals surface area contributed by atoms with Gasteiger partial charge in [-0.05, 0) is 17.5 Å². The molecule has 0 aromatic heterocycles. The Morgan fingerprint density at radius 2 is 1.65 bits per heavy atom. The molecule has 1 aliphatic rings. The van der Waals surface area contributed by atoms with Crippen LogP contribution in [0.4, 0.5) is 0 Å². The van der Waals surface area contributed by atoms with Crippen molar-refractivity contribution >= 4 is 11.9 Å². The summed E-state index contributed by atoms with van der Waals surface area (Å²) in [5.41, 5.74) is 2.22. The van der Waals surface area contributed by atoms with Crippen LogP contribution in [-0.4, -0.2) is 67.8 Å². The number of benzene rings is 1. The Morgan fingerprint density at radius 1 is 1.17 bits per heavy atom. The second-order valence-corrected chi connectivity index (χ2v) is 5.15. The summed E-state index contributed by atoms with van der Waals surface area (Å²) in [6.45, 7) is 0. The van der Waals surface area contributed by atoms with Gasteiger partial charge in [-0.1, -0.05) is 24.3 Å². The maximum Gasteiger partial charge on any atom is 0.335 e. The van der Waals surface area contributed by atoms with Gasteiger partial charge in [-0.15, -0.1) is 0 Å². The maximum atomic E-state index is 9.89. The summed E-state index contributed by atoms with van der Waals surface area (Å²) in [6, 6.07) is 7.97. The first kappa shape index (κ1) is 19.0. The number of hydrogen-bond donors (Lipinski definition) is 6. The van der Waals surface area contributed by atoms with Gasteiger partial charge in [0.25, 0.3) is 0 Å². The third-order valence-electron chi connectivity index (χ3n) is 3.50. The summed E-state index contributed by atoms with van der Waals surface area (Å²) in [5.74, 6) is 2.10. The Kier molecular flexibility index (Phi) is 6.61. The number of rotatable bonds is 4. The normalized spacial score (nSPS) is 21.8. The van der Waals surface area contributed by atoms with E-state index in [0.29, 0.717) is 0 Å². The first-order valence-corrected chi connectivity index (χ1v) is 6.72.